The molecule has 0 fully saturated rings. The fraction of sp³-hybridized carbons (Fsp3) is 0. The minimum atomic E-state index is -0.675. The molecule has 0 atom stereocenters. The molecule has 0 saturated heterocycles. The minimum Gasteiger partial charge on any atom is -0.493 e. The molecular weight excluding hydrogens is 328 g/mol. The number of nitrogens with zero attached hydrogens (tertiary/aromatic N) is 4. The average Bonchev–Trinajstić information content (AvgIpc) is 3.04. The first kappa shape index (κ1) is 12.5. The van der Waals surface area contributed by atoms with E-state index in [2.05, 4.69) is 46.3 Å². The van der Waals surface area contributed by atoms with E-state index in [0.717, 1.165) is 4.47 Å². The molecule has 1 amide bonds. The van der Waals surface area contributed by atoms with Gasteiger partial charge >= 0.3 is 5.91 Å². The van der Waals surface area contributed by atoms with Crippen LogP contribution in [-0.2, 0) is 0 Å². The van der Waals surface area contributed by atoms with E-state index < -0.39 is 5.91 Å². The first-order valence-corrected chi connectivity index (χ1v) is 6.26. The van der Waals surface area contributed by atoms with Crippen molar-refractivity contribution in [2.75, 3.05) is 0 Å². The Morgan fingerprint density at radius 1 is 1.40 bits per heavy atom. The molecule has 0 radical (unpaired) electrons. The molecule has 0 saturated carbocycles. The van der Waals surface area contributed by atoms with Crippen LogP contribution in [0.15, 0.2) is 39.2 Å². The molecule has 1 aromatic carbocycles. The summed E-state index contributed by atoms with van der Waals surface area (Å²) in [5.41, 5.74) is 0.876. The molecule has 0 aliphatic rings. The lowest BCUT2D eigenvalue weighted by molar-refractivity contribution is 0.0985. The van der Waals surface area contributed by atoms with Gasteiger partial charge in [-0.05, 0) is 18.2 Å². The molecule has 3 aromatic rings. The Morgan fingerprint density at radius 3 is 3.00 bits per heavy atom. The van der Waals surface area contributed by atoms with Crippen LogP contribution in [0.4, 0.5) is 5.69 Å². The number of amides is 1. The van der Waals surface area contributed by atoms with E-state index in [-0.39, 0.29) is 17.4 Å². The van der Waals surface area contributed by atoms with Gasteiger partial charge in [0.1, 0.15) is 6.33 Å². The molecule has 0 unspecified atom stereocenters. The molecule has 0 bridgehead atoms. The Bertz CT molecular complexity index is 808. The van der Waals surface area contributed by atoms with Crippen LogP contribution in [0.5, 0.6) is 5.88 Å². The SMILES string of the molecule is O=C(N=Nc1c(O)[nH]c2ccc(Br)cc12)c1ncn[nH]1. The highest BCUT2D eigenvalue weighted by atomic mass is 79.9. The molecule has 100 valence electrons. The number of carbonyl (C=O) groups excluding carboxylic acids is 1. The second kappa shape index (κ2) is 4.85. The molecule has 0 aliphatic carbocycles. The summed E-state index contributed by atoms with van der Waals surface area (Å²) < 4.78 is 0.821. The summed E-state index contributed by atoms with van der Waals surface area (Å²) in [6, 6.07) is 5.36. The maximum atomic E-state index is 11.6. The zero-order valence-electron chi connectivity index (χ0n) is 9.83. The summed E-state index contributed by atoms with van der Waals surface area (Å²) in [5, 5.41) is 23.7. The second-order valence-corrected chi connectivity index (χ2v) is 4.77. The van der Waals surface area contributed by atoms with Crippen LogP contribution in [-0.4, -0.2) is 31.2 Å². The summed E-state index contributed by atoms with van der Waals surface area (Å²) in [5.74, 6) is -0.854. The van der Waals surface area contributed by atoms with Gasteiger partial charge in [0.2, 0.25) is 11.7 Å². The van der Waals surface area contributed by atoms with Crippen LogP contribution >= 0.6 is 15.9 Å². The number of aromatic amines is 2. The number of halogens is 1. The van der Waals surface area contributed by atoms with Crippen molar-refractivity contribution in [1.29, 1.82) is 0 Å². The smallest absolute Gasteiger partial charge is 0.332 e. The monoisotopic (exact) mass is 334 g/mol. The summed E-state index contributed by atoms with van der Waals surface area (Å²) in [6.07, 6.45) is 1.20. The van der Waals surface area contributed by atoms with Crippen LogP contribution in [0.3, 0.4) is 0 Å². The number of nitrogens with one attached hydrogen (secondary N) is 2. The number of hydrogen-bond acceptors (Lipinski definition) is 5. The Hall–Kier alpha value is -2.55. The van der Waals surface area contributed by atoms with Gasteiger partial charge in [0.15, 0.2) is 5.69 Å². The van der Waals surface area contributed by atoms with Gasteiger partial charge in [-0.2, -0.15) is 5.10 Å². The standard InChI is InChI=1S/C11H7BrN6O2/c12-5-1-2-7-6(3-5)8(10(19)15-7)16-18-11(20)9-13-4-14-17-9/h1-4,15,19H,(H,13,14,17). The number of rotatable bonds is 2. The van der Waals surface area contributed by atoms with Crippen LogP contribution < -0.4 is 0 Å². The Morgan fingerprint density at radius 2 is 2.25 bits per heavy atom. The number of aromatic nitrogens is 4. The zero-order valence-corrected chi connectivity index (χ0v) is 11.4. The third-order valence-corrected chi connectivity index (χ3v) is 3.07. The lowest BCUT2D eigenvalue weighted by Gasteiger charge is -1.92. The molecule has 3 N–H and O–H groups in total. The van der Waals surface area contributed by atoms with Gasteiger partial charge in [-0.25, -0.2) is 4.98 Å². The van der Waals surface area contributed by atoms with Crippen LogP contribution in [0.1, 0.15) is 10.6 Å². The van der Waals surface area contributed by atoms with Crippen molar-refractivity contribution < 1.29 is 9.90 Å². The van der Waals surface area contributed by atoms with Crippen molar-refractivity contribution >= 4 is 38.4 Å². The van der Waals surface area contributed by atoms with E-state index in [4.69, 9.17) is 0 Å². The maximum absolute atomic E-state index is 11.6. The number of hydrogen-bond donors (Lipinski definition) is 3. The number of azo groups is 1. The highest BCUT2D eigenvalue weighted by molar-refractivity contribution is 9.10. The van der Waals surface area contributed by atoms with Crippen molar-refractivity contribution in [2.45, 2.75) is 0 Å². The van der Waals surface area contributed by atoms with Gasteiger partial charge in [-0.15, -0.1) is 10.2 Å². The Balaban J connectivity index is 2.00. The van der Waals surface area contributed by atoms with Crippen LogP contribution in [0, 0.1) is 0 Å². The van der Waals surface area contributed by atoms with E-state index in [1.165, 1.54) is 6.33 Å². The molecule has 8 nitrogen and oxygen atoms in total. The fourth-order valence-electron chi connectivity index (χ4n) is 1.69. The number of fused-ring (bicyclic) bond motifs is 1. The van der Waals surface area contributed by atoms with Crippen molar-refractivity contribution in [1.82, 2.24) is 20.2 Å². The quantitative estimate of drug-likeness (QED) is 0.624. The number of H-pyrrole nitrogens is 2. The van der Waals surface area contributed by atoms with Gasteiger partial charge in [0, 0.05) is 9.86 Å². The zero-order chi connectivity index (χ0) is 14.1. The maximum Gasteiger partial charge on any atom is 0.332 e. The molecule has 0 aliphatic heterocycles. The molecule has 2 aromatic heterocycles. The van der Waals surface area contributed by atoms with Gasteiger partial charge in [-0.3, -0.25) is 9.89 Å². The highest BCUT2D eigenvalue weighted by Gasteiger charge is 2.12. The lowest BCUT2D eigenvalue weighted by Crippen LogP contribution is -1.96. The topological polar surface area (TPSA) is 119 Å². The lowest BCUT2D eigenvalue weighted by atomic mass is 10.2. The summed E-state index contributed by atoms with van der Waals surface area (Å²) in [6.45, 7) is 0. The van der Waals surface area contributed by atoms with E-state index in [1.807, 2.05) is 6.07 Å². The summed E-state index contributed by atoms with van der Waals surface area (Å²) >= 11 is 3.33. The molecule has 20 heavy (non-hydrogen) atoms. The van der Waals surface area contributed by atoms with Crippen molar-refractivity contribution in [2.24, 2.45) is 10.2 Å². The molecule has 0 spiro atoms. The third kappa shape index (κ3) is 2.18. The summed E-state index contributed by atoms with van der Waals surface area (Å²) in [7, 11) is 0. The van der Waals surface area contributed by atoms with Gasteiger partial charge in [-0.1, -0.05) is 15.9 Å². The Labute approximate surface area is 120 Å². The largest absolute Gasteiger partial charge is 0.493 e. The van der Waals surface area contributed by atoms with Crippen LogP contribution in [0.2, 0.25) is 0 Å². The highest BCUT2D eigenvalue weighted by Crippen LogP contribution is 2.36. The fourth-order valence-corrected chi connectivity index (χ4v) is 2.05. The van der Waals surface area contributed by atoms with E-state index in [9.17, 15) is 9.90 Å². The average molecular weight is 335 g/mol. The normalized spacial score (nSPS) is 11.4. The summed E-state index contributed by atoms with van der Waals surface area (Å²) in [4.78, 5) is 18.0. The van der Waals surface area contributed by atoms with Crippen molar-refractivity contribution in [3.05, 3.63) is 34.8 Å². The van der Waals surface area contributed by atoms with Gasteiger partial charge in [0.05, 0.1) is 5.52 Å². The van der Waals surface area contributed by atoms with Gasteiger partial charge < -0.3 is 10.1 Å². The Kier molecular flexibility index (Phi) is 3.03. The molecule has 9 heteroatoms. The van der Waals surface area contributed by atoms with E-state index in [1.54, 1.807) is 12.1 Å². The first-order chi connectivity index (χ1) is 9.65. The van der Waals surface area contributed by atoms with Crippen molar-refractivity contribution in [3.8, 4) is 5.88 Å². The van der Waals surface area contributed by atoms with E-state index in [0.29, 0.717) is 10.9 Å². The minimum absolute atomic E-state index is 0.0192. The van der Waals surface area contributed by atoms with E-state index >= 15 is 0 Å². The van der Waals surface area contributed by atoms with Gasteiger partial charge in [0.25, 0.3) is 0 Å². The second-order valence-electron chi connectivity index (χ2n) is 3.85. The molecule has 3 rings (SSSR count). The predicted molar refractivity (Wildman–Crippen MR) is 72.9 cm³/mol. The number of aromatic hydroxyl groups is 1. The number of carbonyl (C=O) groups is 1. The predicted octanol–water partition coefficient (Wildman–Crippen LogP) is 2.68. The van der Waals surface area contributed by atoms with Crippen LogP contribution in [0.25, 0.3) is 10.9 Å². The number of benzene rings is 1. The van der Waals surface area contributed by atoms with Crippen molar-refractivity contribution in [3.63, 3.8) is 0 Å². The first-order valence-electron chi connectivity index (χ1n) is 5.47. The molecular formula is C11H7BrN6O2. The molecule has 2 heterocycles. The third-order valence-electron chi connectivity index (χ3n) is 2.57.